The highest BCUT2D eigenvalue weighted by Crippen LogP contribution is 2.21. The topological polar surface area (TPSA) is 57.8 Å². The van der Waals surface area contributed by atoms with Crippen molar-refractivity contribution in [3.05, 3.63) is 83.9 Å². The van der Waals surface area contributed by atoms with Gasteiger partial charge in [-0.25, -0.2) is 4.98 Å². The average molecular weight is 355 g/mol. The molecule has 0 aliphatic rings. The molecule has 0 aliphatic carbocycles. The number of nitrogens with one attached hydrogen (secondary N) is 2. The Morgan fingerprint density at radius 3 is 2.30 bits per heavy atom. The van der Waals surface area contributed by atoms with Gasteiger partial charge in [0, 0.05) is 16.8 Å². The molecule has 2 N–H and O–H groups in total. The van der Waals surface area contributed by atoms with Crippen molar-refractivity contribution in [1.82, 2.24) is 9.97 Å². The van der Waals surface area contributed by atoms with Gasteiger partial charge in [0.05, 0.1) is 11.0 Å². The molecule has 0 saturated carbocycles. The highest BCUT2D eigenvalue weighted by molar-refractivity contribution is 6.04. The van der Waals surface area contributed by atoms with Crippen LogP contribution in [-0.4, -0.2) is 15.9 Å². The van der Waals surface area contributed by atoms with Gasteiger partial charge in [-0.15, -0.1) is 0 Å². The normalized spacial score (nSPS) is 11.1. The number of anilines is 1. The van der Waals surface area contributed by atoms with Gasteiger partial charge in [0.2, 0.25) is 0 Å². The van der Waals surface area contributed by atoms with Gasteiger partial charge in [-0.05, 0) is 47.9 Å². The molecule has 3 aromatic carbocycles. The van der Waals surface area contributed by atoms with E-state index in [1.807, 2.05) is 72.8 Å². The van der Waals surface area contributed by atoms with Crippen molar-refractivity contribution in [2.24, 2.45) is 0 Å². The highest BCUT2D eigenvalue weighted by Gasteiger charge is 2.09. The monoisotopic (exact) mass is 355 g/mol. The minimum Gasteiger partial charge on any atom is -0.338 e. The quantitative estimate of drug-likeness (QED) is 0.500. The lowest BCUT2D eigenvalue weighted by molar-refractivity contribution is 0.102. The van der Waals surface area contributed by atoms with Crippen molar-refractivity contribution in [3.8, 4) is 11.4 Å². The predicted molar refractivity (Wildman–Crippen MR) is 110 cm³/mol. The van der Waals surface area contributed by atoms with E-state index in [2.05, 4.69) is 29.1 Å². The lowest BCUT2D eigenvalue weighted by Gasteiger charge is -2.09. The van der Waals surface area contributed by atoms with Crippen LogP contribution < -0.4 is 5.32 Å². The van der Waals surface area contributed by atoms with Crippen LogP contribution in [0.25, 0.3) is 22.4 Å². The van der Waals surface area contributed by atoms with Crippen molar-refractivity contribution < 1.29 is 4.79 Å². The molecule has 27 heavy (non-hydrogen) atoms. The highest BCUT2D eigenvalue weighted by atomic mass is 16.1. The maximum atomic E-state index is 12.5. The van der Waals surface area contributed by atoms with E-state index in [9.17, 15) is 4.79 Å². The molecule has 0 bridgehead atoms. The number of amides is 1. The maximum absolute atomic E-state index is 12.5. The first-order valence-electron chi connectivity index (χ1n) is 9.06. The van der Waals surface area contributed by atoms with Crippen LogP contribution in [0.1, 0.15) is 35.7 Å². The summed E-state index contributed by atoms with van der Waals surface area (Å²) in [5.41, 5.74) is 5.54. The van der Waals surface area contributed by atoms with E-state index in [1.165, 1.54) is 5.56 Å². The van der Waals surface area contributed by atoms with Gasteiger partial charge in [-0.3, -0.25) is 4.79 Å². The SMILES string of the molecule is CC(C)c1ccc(NC(=O)c2ccc(-c3nc4ccccc4[nH]3)cc2)cc1. The zero-order chi connectivity index (χ0) is 18.8. The summed E-state index contributed by atoms with van der Waals surface area (Å²) in [6.07, 6.45) is 0. The second-order valence-electron chi connectivity index (χ2n) is 6.91. The molecule has 0 fully saturated rings. The fourth-order valence-electron chi connectivity index (χ4n) is 3.02. The minimum absolute atomic E-state index is 0.122. The van der Waals surface area contributed by atoms with Gasteiger partial charge in [0.15, 0.2) is 0 Å². The number of benzene rings is 3. The summed E-state index contributed by atoms with van der Waals surface area (Å²) in [5.74, 6) is 1.15. The molecule has 4 heteroatoms. The Kier molecular flexibility index (Phi) is 4.47. The summed E-state index contributed by atoms with van der Waals surface area (Å²) < 4.78 is 0. The Hall–Kier alpha value is -3.40. The van der Waals surface area contributed by atoms with E-state index in [-0.39, 0.29) is 5.91 Å². The molecule has 1 heterocycles. The Labute approximate surface area is 158 Å². The second-order valence-corrected chi connectivity index (χ2v) is 6.91. The first-order chi connectivity index (χ1) is 13.1. The summed E-state index contributed by atoms with van der Waals surface area (Å²) in [6, 6.07) is 23.4. The van der Waals surface area contributed by atoms with Gasteiger partial charge >= 0.3 is 0 Å². The Morgan fingerprint density at radius 2 is 1.63 bits per heavy atom. The van der Waals surface area contributed by atoms with Crippen molar-refractivity contribution in [1.29, 1.82) is 0 Å². The number of imidazole rings is 1. The summed E-state index contributed by atoms with van der Waals surface area (Å²) in [7, 11) is 0. The van der Waals surface area contributed by atoms with Crippen LogP contribution in [0.4, 0.5) is 5.69 Å². The van der Waals surface area contributed by atoms with E-state index >= 15 is 0 Å². The maximum Gasteiger partial charge on any atom is 0.255 e. The molecule has 0 unspecified atom stereocenters. The summed E-state index contributed by atoms with van der Waals surface area (Å²) in [4.78, 5) is 20.4. The Morgan fingerprint density at radius 1 is 0.926 bits per heavy atom. The molecule has 0 spiro atoms. The summed E-state index contributed by atoms with van der Waals surface area (Å²) >= 11 is 0. The van der Waals surface area contributed by atoms with E-state index in [0.29, 0.717) is 11.5 Å². The van der Waals surface area contributed by atoms with Crippen LogP contribution in [0.5, 0.6) is 0 Å². The van der Waals surface area contributed by atoms with Gasteiger partial charge in [-0.1, -0.05) is 50.2 Å². The molecule has 0 radical (unpaired) electrons. The van der Waals surface area contributed by atoms with E-state index in [1.54, 1.807) is 0 Å². The molecule has 0 atom stereocenters. The number of aromatic amines is 1. The Bertz CT molecular complexity index is 1040. The number of fused-ring (bicyclic) bond motifs is 1. The first-order valence-corrected chi connectivity index (χ1v) is 9.06. The van der Waals surface area contributed by atoms with E-state index < -0.39 is 0 Å². The molecule has 1 aromatic heterocycles. The number of aromatic nitrogens is 2. The summed E-state index contributed by atoms with van der Waals surface area (Å²) in [5, 5.41) is 2.94. The summed E-state index contributed by atoms with van der Waals surface area (Å²) in [6.45, 7) is 4.30. The van der Waals surface area contributed by atoms with Crippen molar-refractivity contribution in [2.45, 2.75) is 19.8 Å². The van der Waals surface area contributed by atoms with Crippen molar-refractivity contribution in [2.75, 3.05) is 5.32 Å². The smallest absolute Gasteiger partial charge is 0.255 e. The molecule has 0 aliphatic heterocycles. The zero-order valence-corrected chi connectivity index (χ0v) is 15.4. The fourth-order valence-corrected chi connectivity index (χ4v) is 3.02. The van der Waals surface area contributed by atoms with Gasteiger partial charge in [-0.2, -0.15) is 0 Å². The van der Waals surface area contributed by atoms with Crippen LogP contribution in [0.3, 0.4) is 0 Å². The molecule has 4 rings (SSSR count). The number of nitrogens with zero attached hydrogens (tertiary/aromatic N) is 1. The first kappa shape index (κ1) is 17.0. The molecule has 4 nitrogen and oxygen atoms in total. The lowest BCUT2D eigenvalue weighted by Crippen LogP contribution is -2.11. The second kappa shape index (κ2) is 7.08. The Balaban J connectivity index is 1.50. The number of carbonyl (C=O) groups is 1. The van der Waals surface area contributed by atoms with Crippen LogP contribution in [0.2, 0.25) is 0 Å². The third-order valence-corrected chi connectivity index (χ3v) is 4.65. The van der Waals surface area contributed by atoms with Crippen LogP contribution in [-0.2, 0) is 0 Å². The fraction of sp³-hybridized carbons (Fsp3) is 0.130. The van der Waals surface area contributed by atoms with E-state index in [4.69, 9.17) is 0 Å². The van der Waals surface area contributed by atoms with Gasteiger partial charge in [0.25, 0.3) is 5.91 Å². The number of hydrogen-bond acceptors (Lipinski definition) is 2. The zero-order valence-electron chi connectivity index (χ0n) is 15.4. The number of rotatable bonds is 4. The largest absolute Gasteiger partial charge is 0.338 e. The lowest BCUT2D eigenvalue weighted by atomic mass is 10.0. The molecular formula is C23H21N3O. The standard InChI is InChI=1S/C23H21N3O/c1-15(2)16-11-13-19(14-12-16)24-23(27)18-9-7-17(8-10-18)22-25-20-5-3-4-6-21(20)26-22/h3-15H,1-2H3,(H,24,27)(H,25,26). The molecule has 134 valence electrons. The van der Waals surface area contributed by atoms with Gasteiger partial charge in [0.1, 0.15) is 5.82 Å². The third-order valence-electron chi connectivity index (χ3n) is 4.65. The molecule has 1 amide bonds. The van der Waals surface area contributed by atoms with Gasteiger partial charge < -0.3 is 10.3 Å². The number of carbonyl (C=O) groups excluding carboxylic acids is 1. The van der Waals surface area contributed by atoms with Crippen molar-refractivity contribution >= 4 is 22.6 Å². The van der Waals surface area contributed by atoms with E-state index in [0.717, 1.165) is 28.1 Å². The van der Waals surface area contributed by atoms with Crippen LogP contribution >= 0.6 is 0 Å². The molecular weight excluding hydrogens is 334 g/mol. The predicted octanol–water partition coefficient (Wildman–Crippen LogP) is 5.61. The third kappa shape index (κ3) is 3.60. The van der Waals surface area contributed by atoms with Crippen molar-refractivity contribution in [3.63, 3.8) is 0 Å². The van der Waals surface area contributed by atoms with Crippen LogP contribution in [0.15, 0.2) is 72.8 Å². The minimum atomic E-state index is -0.122. The number of hydrogen-bond donors (Lipinski definition) is 2. The number of H-pyrrole nitrogens is 1. The van der Waals surface area contributed by atoms with Crippen LogP contribution in [0, 0.1) is 0 Å². The number of para-hydroxylation sites is 2. The molecule has 0 saturated heterocycles. The average Bonchev–Trinajstić information content (AvgIpc) is 3.13. The molecule has 4 aromatic rings.